The molecule has 0 saturated heterocycles. The number of carboxylic acid groups (broad SMARTS) is 5. The van der Waals surface area contributed by atoms with E-state index in [1.807, 2.05) is 18.7 Å². The molecule has 1 atom stereocenters. The number of aliphatic hydroxyl groups excluding tert-OH is 1. The predicted octanol–water partition coefficient (Wildman–Crippen LogP) is 0.134. The Morgan fingerprint density at radius 3 is 1.19 bits per heavy atom. The van der Waals surface area contributed by atoms with Crippen LogP contribution < -0.4 is 0 Å². The molecule has 0 fully saturated rings. The van der Waals surface area contributed by atoms with Gasteiger partial charge in [-0.1, -0.05) is 13.8 Å². The molecular weight excluding hydrogens is 422 g/mol. The molecule has 0 radical (unpaired) electrons. The molecule has 0 amide bonds. The van der Waals surface area contributed by atoms with Crippen molar-refractivity contribution in [1.82, 2.24) is 4.90 Å². The van der Waals surface area contributed by atoms with Gasteiger partial charge in [-0.25, -0.2) is 4.79 Å². The van der Waals surface area contributed by atoms with Crippen LogP contribution in [0, 0.1) is 0 Å². The van der Waals surface area contributed by atoms with E-state index in [0.717, 1.165) is 13.1 Å². The minimum atomic E-state index is -2.74. The van der Waals surface area contributed by atoms with Gasteiger partial charge in [-0.2, -0.15) is 0 Å². The number of aliphatic carboxylic acids is 5. The van der Waals surface area contributed by atoms with Crippen LogP contribution in [0.5, 0.6) is 0 Å². The third-order valence-corrected chi connectivity index (χ3v) is 3.66. The lowest BCUT2D eigenvalue weighted by Gasteiger charge is -2.20. The minimum Gasteiger partial charge on any atom is -0.481 e. The highest BCUT2D eigenvalue weighted by atomic mass is 16.4. The minimum absolute atomic E-state index is 0.0628. The number of unbranched alkanes of at least 4 members (excludes halogenated alkanes) is 1. The molecule has 13 heteroatoms. The van der Waals surface area contributed by atoms with Gasteiger partial charge in [0.05, 0.1) is 12.8 Å². The molecule has 0 heterocycles. The lowest BCUT2D eigenvalue weighted by atomic mass is 9.96. The highest BCUT2D eigenvalue weighted by molar-refractivity contribution is 5.88. The van der Waals surface area contributed by atoms with E-state index in [9.17, 15) is 24.0 Å². The van der Waals surface area contributed by atoms with Crippen LogP contribution in [0.1, 0.15) is 59.3 Å². The third-order valence-electron chi connectivity index (χ3n) is 3.66. The van der Waals surface area contributed by atoms with E-state index in [1.165, 1.54) is 0 Å². The summed E-state index contributed by atoms with van der Waals surface area (Å²) >= 11 is 0. The maximum Gasteiger partial charge on any atom is 0.336 e. The largest absolute Gasteiger partial charge is 0.481 e. The summed E-state index contributed by atoms with van der Waals surface area (Å²) in [7, 11) is 0. The summed E-state index contributed by atoms with van der Waals surface area (Å²) in [4.78, 5) is 52.3. The number of carbonyl (C=O) groups is 5. The van der Waals surface area contributed by atoms with E-state index >= 15 is 0 Å². The van der Waals surface area contributed by atoms with E-state index in [2.05, 4.69) is 0 Å². The molecule has 1 unspecified atom stereocenters. The molecule has 7 N–H and O–H groups in total. The second-order valence-electron chi connectivity index (χ2n) is 6.33. The van der Waals surface area contributed by atoms with Crippen molar-refractivity contribution in [1.29, 1.82) is 0 Å². The number of rotatable bonds is 13. The first-order valence-electron chi connectivity index (χ1n) is 9.37. The molecule has 13 nitrogen and oxygen atoms in total. The SMILES string of the molecule is CCN(CC)C(C)O.O=C(O)CC(O)(CC(=O)O)C(=O)O.O=C(O)CCCCC(=O)O. The first-order valence-corrected chi connectivity index (χ1v) is 9.37. The van der Waals surface area contributed by atoms with E-state index in [1.54, 1.807) is 6.92 Å². The van der Waals surface area contributed by atoms with Gasteiger partial charge in [-0.3, -0.25) is 24.1 Å². The Morgan fingerprint density at radius 2 is 1.06 bits per heavy atom. The maximum absolute atomic E-state index is 10.3. The van der Waals surface area contributed by atoms with Gasteiger partial charge in [0.25, 0.3) is 0 Å². The Bertz CT molecular complexity index is 540. The maximum atomic E-state index is 10.3. The Kier molecular flexibility index (Phi) is 19.1. The average Bonchev–Trinajstić information content (AvgIpc) is 2.58. The van der Waals surface area contributed by atoms with Gasteiger partial charge in [0.15, 0.2) is 5.60 Å². The van der Waals surface area contributed by atoms with Gasteiger partial charge in [0.2, 0.25) is 0 Å². The summed E-state index contributed by atoms with van der Waals surface area (Å²) in [6, 6.07) is 0. The molecule has 0 aliphatic heterocycles. The normalized spacial score (nSPS) is 11.3. The number of nitrogens with zero attached hydrogens (tertiary/aromatic N) is 1. The second-order valence-corrected chi connectivity index (χ2v) is 6.33. The summed E-state index contributed by atoms with van der Waals surface area (Å²) in [5, 5.41) is 59.0. The van der Waals surface area contributed by atoms with Crippen molar-refractivity contribution in [3.8, 4) is 0 Å². The van der Waals surface area contributed by atoms with Crippen LogP contribution in [0.4, 0.5) is 0 Å². The van der Waals surface area contributed by atoms with E-state index in [0.29, 0.717) is 12.8 Å². The Balaban J connectivity index is -0.000000392. The fraction of sp³-hybridized carbons (Fsp3) is 0.722. The molecule has 0 bridgehead atoms. The molecule has 0 aromatic rings. The quantitative estimate of drug-likeness (QED) is 0.145. The van der Waals surface area contributed by atoms with Crippen molar-refractivity contribution in [2.45, 2.75) is 71.1 Å². The smallest absolute Gasteiger partial charge is 0.336 e. The molecule has 31 heavy (non-hydrogen) atoms. The van der Waals surface area contributed by atoms with Crippen LogP contribution >= 0.6 is 0 Å². The zero-order valence-corrected chi connectivity index (χ0v) is 17.9. The van der Waals surface area contributed by atoms with Gasteiger partial charge in [0.1, 0.15) is 6.23 Å². The van der Waals surface area contributed by atoms with Crippen molar-refractivity contribution in [2.75, 3.05) is 13.1 Å². The summed E-state index contributed by atoms with van der Waals surface area (Å²) in [6.45, 7) is 7.71. The zero-order chi connectivity index (χ0) is 25.2. The predicted molar refractivity (Wildman–Crippen MR) is 105 cm³/mol. The van der Waals surface area contributed by atoms with Crippen LogP contribution in [0.15, 0.2) is 0 Å². The number of aliphatic hydroxyl groups is 2. The lowest BCUT2D eigenvalue weighted by molar-refractivity contribution is -0.170. The summed E-state index contributed by atoms with van der Waals surface area (Å²) in [5.41, 5.74) is -2.74. The van der Waals surface area contributed by atoms with Crippen LogP contribution in [0.2, 0.25) is 0 Å². The fourth-order valence-electron chi connectivity index (χ4n) is 2.02. The molecule has 0 aliphatic rings. The first kappa shape index (κ1) is 32.9. The molecule has 0 aromatic carbocycles. The lowest BCUT2D eigenvalue weighted by Crippen LogP contribution is -2.42. The molecule has 0 spiro atoms. The fourth-order valence-corrected chi connectivity index (χ4v) is 2.02. The zero-order valence-electron chi connectivity index (χ0n) is 17.9. The van der Waals surface area contributed by atoms with Crippen molar-refractivity contribution in [2.24, 2.45) is 0 Å². The van der Waals surface area contributed by atoms with E-state index in [4.69, 9.17) is 35.7 Å². The molecule has 0 aliphatic carbocycles. The topological polar surface area (TPSA) is 230 Å². The number of carboxylic acids is 5. The second kappa shape index (κ2) is 18.0. The van der Waals surface area contributed by atoms with Gasteiger partial charge in [-0.15, -0.1) is 0 Å². The monoisotopic (exact) mass is 455 g/mol. The summed E-state index contributed by atoms with van der Waals surface area (Å²) in [5.74, 6) is -6.76. The molecule has 0 rings (SSSR count). The van der Waals surface area contributed by atoms with Crippen molar-refractivity contribution >= 4 is 29.8 Å². The van der Waals surface area contributed by atoms with Gasteiger partial charge < -0.3 is 35.7 Å². The molecular formula is C18H33NO12. The Labute approximate surface area is 179 Å². The van der Waals surface area contributed by atoms with Gasteiger partial charge in [-0.05, 0) is 32.9 Å². The van der Waals surface area contributed by atoms with Crippen molar-refractivity contribution < 1.29 is 59.7 Å². The Hall–Kier alpha value is -2.77. The average molecular weight is 455 g/mol. The third kappa shape index (κ3) is 21.8. The van der Waals surface area contributed by atoms with Crippen LogP contribution in [-0.2, 0) is 24.0 Å². The highest BCUT2D eigenvalue weighted by Gasteiger charge is 2.40. The van der Waals surface area contributed by atoms with Crippen LogP contribution in [0.3, 0.4) is 0 Å². The number of hydrogen-bond donors (Lipinski definition) is 7. The Morgan fingerprint density at radius 1 is 0.742 bits per heavy atom. The number of hydrogen-bond acceptors (Lipinski definition) is 8. The molecule has 0 aromatic heterocycles. The van der Waals surface area contributed by atoms with Crippen LogP contribution in [-0.4, -0.2) is 95.4 Å². The highest BCUT2D eigenvalue weighted by Crippen LogP contribution is 2.15. The molecule has 0 saturated carbocycles. The van der Waals surface area contributed by atoms with Crippen LogP contribution in [0.25, 0.3) is 0 Å². The summed E-state index contributed by atoms with van der Waals surface area (Å²) in [6.07, 6.45) is -1.56. The van der Waals surface area contributed by atoms with Crippen molar-refractivity contribution in [3.05, 3.63) is 0 Å². The van der Waals surface area contributed by atoms with E-state index < -0.39 is 48.3 Å². The van der Waals surface area contributed by atoms with E-state index in [-0.39, 0.29) is 19.1 Å². The van der Waals surface area contributed by atoms with Gasteiger partial charge >= 0.3 is 29.8 Å². The van der Waals surface area contributed by atoms with Crippen molar-refractivity contribution in [3.63, 3.8) is 0 Å². The molecule has 182 valence electrons. The standard InChI is InChI=1S/C6H15NO.C6H8O7.C6H10O4/c1-4-7(5-2)6(3)8;7-3(8)1-6(13,5(11)12)2-4(9)10;7-5(8)3-1-2-4-6(9)10/h6,8H,4-5H2,1-3H3;13H,1-2H2,(H,7,8)(H,9,10)(H,11,12);1-4H2,(H,7,8)(H,9,10). The first-order chi connectivity index (χ1) is 14.1. The summed E-state index contributed by atoms with van der Waals surface area (Å²) < 4.78 is 0. The van der Waals surface area contributed by atoms with Gasteiger partial charge in [0, 0.05) is 12.8 Å².